The lowest BCUT2D eigenvalue weighted by Gasteiger charge is -2.36. The van der Waals surface area contributed by atoms with Gasteiger partial charge in [0, 0.05) is 40.6 Å². The van der Waals surface area contributed by atoms with E-state index >= 15 is 0 Å². The van der Waals surface area contributed by atoms with Crippen LogP contribution in [0.2, 0.25) is 0 Å². The van der Waals surface area contributed by atoms with E-state index in [-0.39, 0.29) is 71.0 Å². The molecular formula is C51H74Br2N4O4. The standard InChI is InChI=1S/C51H72N4O4.2BrH/c1-26(2)38-17-15-28(5)19-48(38)58-50(56)22-42-32(9)46(54-36(42)13)24-44-30(7)40(34(11)52-44)21-41-31(8)45(53-35(41)12)25-47-33(10)43(37(14)55-47)23-51(57)59-49-20-29(6)16-18-39(49)27(3)4;;/h24-29,38-39,48-49,54-55H,15-23H2,1-14H3;2*1H/b44-24-,45-25-;;/t28-,29-,38+,39+,48-,49-;;/m1../s1. The normalized spacial score (nSPS) is 25.6. The first-order valence-electron chi connectivity index (χ1n) is 22.5. The van der Waals surface area contributed by atoms with Gasteiger partial charge in [0.25, 0.3) is 0 Å². The van der Waals surface area contributed by atoms with Gasteiger partial charge in [-0.05, 0) is 173 Å². The fourth-order valence-electron chi connectivity index (χ4n) is 10.4. The second-order valence-corrected chi connectivity index (χ2v) is 19.4. The molecule has 6 rings (SSSR count). The highest BCUT2D eigenvalue weighted by molar-refractivity contribution is 8.93. The zero-order valence-corrected chi connectivity index (χ0v) is 42.9. The van der Waals surface area contributed by atoms with Crippen LogP contribution in [-0.2, 0) is 31.9 Å². The molecule has 2 N–H and O–H groups in total. The van der Waals surface area contributed by atoms with Crippen molar-refractivity contribution in [1.29, 1.82) is 0 Å². The van der Waals surface area contributed by atoms with E-state index in [0.29, 0.717) is 35.5 Å². The molecule has 8 nitrogen and oxygen atoms in total. The van der Waals surface area contributed by atoms with Gasteiger partial charge in [-0.15, -0.1) is 34.0 Å². The quantitative estimate of drug-likeness (QED) is 0.207. The van der Waals surface area contributed by atoms with Gasteiger partial charge in [-0.25, -0.2) is 0 Å². The Kier molecular flexibility index (Phi) is 17.3. The molecular weight excluding hydrogens is 892 g/mol. The number of esters is 2. The maximum atomic E-state index is 13.3. The number of aryl methyl sites for hydroxylation is 2. The maximum Gasteiger partial charge on any atom is 0.310 e. The summed E-state index contributed by atoms with van der Waals surface area (Å²) in [6.07, 6.45) is 12.1. The van der Waals surface area contributed by atoms with Crippen molar-refractivity contribution in [3.8, 4) is 0 Å². The Bertz CT molecular complexity index is 2010. The van der Waals surface area contributed by atoms with Crippen molar-refractivity contribution in [3.05, 3.63) is 78.7 Å². The Morgan fingerprint density at radius 2 is 0.984 bits per heavy atom. The van der Waals surface area contributed by atoms with Crippen LogP contribution in [0.5, 0.6) is 0 Å². The number of nitrogens with zero attached hydrogens (tertiary/aromatic N) is 2. The minimum atomic E-state index is -0.135. The fourth-order valence-corrected chi connectivity index (χ4v) is 10.4. The highest BCUT2D eigenvalue weighted by Crippen LogP contribution is 2.39. The Morgan fingerprint density at radius 3 is 1.33 bits per heavy atom. The van der Waals surface area contributed by atoms with Crippen molar-refractivity contribution in [3.63, 3.8) is 0 Å². The monoisotopic (exact) mass is 964 g/mol. The molecule has 0 aromatic carbocycles. The number of hydrogen-bond donors (Lipinski definition) is 2. The van der Waals surface area contributed by atoms with E-state index in [1.165, 1.54) is 24.0 Å². The van der Waals surface area contributed by atoms with Crippen LogP contribution < -0.4 is 0 Å². The number of carbonyl (C=O) groups excluding carboxylic acids is 2. The maximum absolute atomic E-state index is 13.3. The summed E-state index contributed by atoms with van der Waals surface area (Å²) in [6.45, 7) is 30.3. The van der Waals surface area contributed by atoms with Crippen LogP contribution in [0.4, 0.5) is 0 Å². The SMILES string of the molecule is Br.Br.CC1=N/C(=C\c2[nH]c(C)c(CC(=O)O[C@@H]3C[C@H](C)CC[C@H]3C(C)C)c2C)C(C)=C1CC1=C(C)/C(=C/c2[nH]c(C)c(CC(=O)O[C@@H]3C[C@H](C)CC[C@H]3C(C)C)c2C)N=C1C. The molecule has 0 saturated heterocycles. The van der Waals surface area contributed by atoms with E-state index in [1.54, 1.807) is 0 Å². The van der Waals surface area contributed by atoms with Crippen LogP contribution in [0.25, 0.3) is 12.2 Å². The first kappa shape index (κ1) is 50.4. The number of aromatic nitrogens is 2. The number of halogens is 2. The van der Waals surface area contributed by atoms with Gasteiger partial charge in [-0.1, -0.05) is 54.4 Å². The number of nitrogens with one attached hydrogen (secondary N) is 2. The summed E-state index contributed by atoms with van der Waals surface area (Å²) in [5.41, 5.74) is 16.8. The minimum Gasteiger partial charge on any atom is -0.462 e. The van der Waals surface area contributed by atoms with Gasteiger partial charge in [0.05, 0.1) is 24.2 Å². The van der Waals surface area contributed by atoms with Gasteiger partial charge >= 0.3 is 11.9 Å². The molecule has 2 aliphatic carbocycles. The predicted octanol–water partition coefficient (Wildman–Crippen LogP) is 13.2. The molecule has 0 spiro atoms. The van der Waals surface area contributed by atoms with E-state index in [1.807, 2.05) is 13.8 Å². The second kappa shape index (κ2) is 21.0. The molecule has 4 heterocycles. The third-order valence-electron chi connectivity index (χ3n) is 14.4. The molecule has 0 radical (unpaired) electrons. The first-order chi connectivity index (χ1) is 27.8. The van der Waals surface area contributed by atoms with Gasteiger partial charge in [0.2, 0.25) is 0 Å². The lowest BCUT2D eigenvalue weighted by atomic mass is 9.75. The number of rotatable bonds is 12. The number of allylic oxidation sites excluding steroid dienone is 4. The number of aromatic amines is 2. The minimum absolute atomic E-state index is 0. The summed E-state index contributed by atoms with van der Waals surface area (Å²) < 4.78 is 12.4. The van der Waals surface area contributed by atoms with E-state index in [9.17, 15) is 9.59 Å². The fraction of sp³-hybridized carbons (Fsp3) is 0.608. The summed E-state index contributed by atoms with van der Waals surface area (Å²) in [7, 11) is 0. The largest absolute Gasteiger partial charge is 0.462 e. The number of hydrogen-bond acceptors (Lipinski definition) is 6. The van der Waals surface area contributed by atoms with E-state index in [2.05, 4.69) is 105 Å². The number of H-pyrrole nitrogens is 2. The summed E-state index contributed by atoms with van der Waals surface area (Å²) in [5.74, 6) is 2.75. The lowest BCUT2D eigenvalue weighted by Crippen LogP contribution is -2.36. The van der Waals surface area contributed by atoms with Crippen LogP contribution >= 0.6 is 34.0 Å². The van der Waals surface area contributed by atoms with E-state index in [4.69, 9.17) is 19.5 Å². The van der Waals surface area contributed by atoms with Crippen molar-refractivity contribution in [2.45, 2.75) is 167 Å². The molecule has 61 heavy (non-hydrogen) atoms. The van der Waals surface area contributed by atoms with Crippen LogP contribution in [0, 0.1) is 63.2 Å². The van der Waals surface area contributed by atoms with Crippen LogP contribution in [0.1, 0.15) is 159 Å². The molecule has 2 fully saturated rings. The van der Waals surface area contributed by atoms with Gasteiger partial charge in [-0.2, -0.15) is 0 Å². The van der Waals surface area contributed by atoms with Crippen molar-refractivity contribution in [2.24, 2.45) is 45.5 Å². The van der Waals surface area contributed by atoms with E-state index < -0.39 is 0 Å². The Morgan fingerprint density at radius 1 is 0.623 bits per heavy atom. The van der Waals surface area contributed by atoms with Crippen molar-refractivity contribution in [2.75, 3.05) is 0 Å². The summed E-state index contributed by atoms with van der Waals surface area (Å²) >= 11 is 0. The molecule has 2 saturated carbocycles. The summed E-state index contributed by atoms with van der Waals surface area (Å²) in [4.78, 5) is 43.9. The third-order valence-corrected chi connectivity index (χ3v) is 14.4. The summed E-state index contributed by atoms with van der Waals surface area (Å²) in [6, 6.07) is 0. The number of carbonyl (C=O) groups is 2. The summed E-state index contributed by atoms with van der Waals surface area (Å²) in [5, 5.41) is 0. The molecule has 2 aromatic heterocycles. The van der Waals surface area contributed by atoms with Gasteiger partial charge in [0.1, 0.15) is 12.2 Å². The molecule has 0 bridgehead atoms. The zero-order chi connectivity index (χ0) is 43.0. The van der Waals surface area contributed by atoms with Crippen LogP contribution in [0.3, 0.4) is 0 Å². The van der Waals surface area contributed by atoms with Crippen LogP contribution in [-0.4, -0.2) is 45.5 Å². The lowest BCUT2D eigenvalue weighted by molar-refractivity contribution is -0.156. The number of aliphatic imine (C=N–C) groups is 2. The van der Waals surface area contributed by atoms with Gasteiger partial charge in [0.15, 0.2) is 0 Å². The molecule has 2 aliphatic heterocycles. The first-order valence-corrected chi connectivity index (χ1v) is 22.5. The van der Waals surface area contributed by atoms with Crippen molar-refractivity contribution < 1.29 is 19.1 Å². The van der Waals surface area contributed by atoms with Crippen molar-refractivity contribution in [1.82, 2.24) is 9.97 Å². The third kappa shape index (κ3) is 11.3. The molecule has 4 aliphatic rings. The molecule has 10 heteroatoms. The molecule has 0 unspecified atom stereocenters. The van der Waals surface area contributed by atoms with Crippen LogP contribution in [0.15, 0.2) is 43.7 Å². The Labute approximate surface area is 387 Å². The molecule has 0 amide bonds. The van der Waals surface area contributed by atoms with Gasteiger partial charge in [-0.3, -0.25) is 19.6 Å². The van der Waals surface area contributed by atoms with E-state index in [0.717, 1.165) is 111 Å². The molecule has 6 atom stereocenters. The Hall–Kier alpha value is -3.24. The average Bonchev–Trinajstić information content (AvgIpc) is 3.77. The predicted molar refractivity (Wildman–Crippen MR) is 263 cm³/mol. The Balaban J connectivity index is 0.00000410. The smallest absolute Gasteiger partial charge is 0.310 e. The second-order valence-electron chi connectivity index (χ2n) is 19.4. The topological polar surface area (TPSA) is 109 Å². The average molecular weight is 967 g/mol. The van der Waals surface area contributed by atoms with Crippen molar-refractivity contribution >= 4 is 69.5 Å². The zero-order valence-electron chi connectivity index (χ0n) is 39.5. The number of ether oxygens (including phenoxy) is 2. The van der Waals surface area contributed by atoms with Gasteiger partial charge < -0.3 is 19.4 Å². The molecule has 336 valence electrons. The molecule has 2 aromatic rings. The highest BCUT2D eigenvalue weighted by atomic mass is 79.9. The highest BCUT2D eigenvalue weighted by Gasteiger charge is 2.35.